The number of nitrogens with one attached hydrogen (secondary N) is 4. The van der Waals surface area contributed by atoms with Crippen LogP contribution < -0.4 is 21.3 Å². The molecule has 62 heavy (non-hydrogen) atoms. The van der Waals surface area contributed by atoms with Gasteiger partial charge in [0.1, 0.15) is 100 Å². The van der Waals surface area contributed by atoms with E-state index in [4.69, 9.17) is 47.2 Å². The fraction of sp³-hybridized carbons (Fsp3) is 0.909. The number of aliphatic hydroxyl groups is 9. The van der Waals surface area contributed by atoms with Crippen LogP contribution in [0.5, 0.6) is 0 Å². The van der Waals surface area contributed by atoms with E-state index in [2.05, 4.69) is 21.3 Å². The monoisotopic (exact) mass is 928 g/mol. The van der Waals surface area contributed by atoms with Crippen molar-refractivity contribution in [3.05, 3.63) is 0 Å². The highest BCUT2D eigenvalue weighted by Crippen LogP contribution is 2.36. The number of hydrogen-bond donors (Lipinski definition) is 14. The van der Waals surface area contributed by atoms with Crippen LogP contribution in [0.4, 0.5) is 0 Å². The van der Waals surface area contributed by atoms with E-state index in [1.165, 1.54) is 0 Å². The number of ether oxygens (including phenoxy) is 9. The Bertz CT molecular complexity index is 1300. The zero-order chi connectivity index (χ0) is 46.4. The van der Waals surface area contributed by atoms with Gasteiger partial charge in [-0.2, -0.15) is 0 Å². The van der Waals surface area contributed by atoms with Gasteiger partial charge in [-0.15, -0.1) is 0 Å². The van der Waals surface area contributed by atoms with Crippen LogP contribution in [0, 0.1) is 0 Å². The summed E-state index contributed by atoms with van der Waals surface area (Å²) in [5.41, 5.74) is -1.68. The lowest BCUT2D eigenvalue weighted by Gasteiger charge is -2.42. The minimum atomic E-state index is -4.12. The molecule has 3 amide bonds. The van der Waals surface area contributed by atoms with Gasteiger partial charge >= 0.3 is 7.60 Å². The highest BCUT2D eigenvalue weighted by atomic mass is 31.2. The summed E-state index contributed by atoms with van der Waals surface area (Å²) in [5, 5.41) is 102. The highest BCUT2D eigenvalue weighted by molar-refractivity contribution is 7.51. The largest absolute Gasteiger partial charge is 0.394 e. The average molecular weight is 929 g/mol. The van der Waals surface area contributed by atoms with Gasteiger partial charge in [0, 0.05) is 27.4 Å². The van der Waals surface area contributed by atoms with Gasteiger partial charge < -0.3 is 109 Å². The van der Waals surface area contributed by atoms with Crippen LogP contribution in [0.15, 0.2) is 0 Å². The molecule has 3 rings (SSSR count). The molecule has 3 saturated heterocycles. The molecule has 3 fully saturated rings. The number of carbonyl (C=O) groups excluding carboxylic acids is 3. The van der Waals surface area contributed by atoms with Crippen LogP contribution in [0.1, 0.15) is 20.8 Å². The Morgan fingerprint density at radius 2 is 0.855 bits per heavy atom. The molecule has 3 aliphatic rings. The quantitative estimate of drug-likeness (QED) is 0.0230. The molecule has 0 bridgehead atoms. The fourth-order valence-electron chi connectivity index (χ4n) is 6.48. The molecule has 29 heteroatoms. The van der Waals surface area contributed by atoms with Crippen molar-refractivity contribution in [3.8, 4) is 0 Å². The van der Waals surface area contributed by atoms with Gasteiger partial charge in [-0.25, -0.2) is 0 Å². The van der Waals surface area contributed by atoms with E-state index in [1.807, 2.05) is 0 Å². The zero-order valence-electron chi connectivity index (χ0n) is 34.4. The van der Waals surface area contributed by atoms with Crippen LogP contribution in [0.25, 0.3) is 0 Å². The Morgan fingerprint density at radius 1 is 0.565 bits per heavy atom. The molecular formula is C33H61N4O24P. The van der Waals surface area contributed by atoms with Gasteiger partial charge in [0.2, 0.25) is 17.7 Å². The molecule has 0 aromatic carbocycles. The minimum absolute atomic E-state index is 0.528. The van der Waals surface area contributed by atoms with Crippen molar-refractivity contribution in [2.45, 2.75) is 118 Å². The SMILES string of the molecule is CC(=O)NC1C(OCOCC(COCOC2OC(CO)C(O)C(O)C2NC(C)=O)(COCOC2OC(CO)C(O)C(O)C2NC(C)=O)NCOP(C)(=O)O)OC(CO)C(O)C1O. The predicted octanol–water partition coefficient (Wildman–Crippen LogP) is -8.09. The second-order valence-electron chi connectivity index (χ2n) is 14.7. The molecule has 0 spiro atoms. The van der Waals surface area contributed by atoms with Crippen LogP contribution in [-0.2, 0) is 66.1 Å². The summed E-state index contributed by atoms with van der Waals surface area (Å²) < 4.78 is 67.9. The Labute approximate surface area is 355 Å². The first-order valence-electron chi connectivity index (χ1n) is 19.1. The first-order chi connectivity index (χ1) is 29.2. The molecule has 14 N–H and O–H groups in total. The van der Waals surface area contributed by atoms with Crippen LogP contribution in [-0.4, -0.2) is 239 Å². The van der Waals surface area contributed by atoms with Crippen molar-refractivity contribution in [3.63, 3.8) is 0 Å². The summed E-state index contributed by atoms with van der Waals surface area (Å²) in [6.45, 7) is -2.24. The number of carbonyl (C=O) groups is 3. The molecular weight excluding hydrogens is 867 g/mol. The van der Waals surface area contributed by atoms with Crippen molar-refractivity contribution >= 4 is 25.3 Å². The second kappa shape index (κ2) is 25.5. The molecule has 28 nitrogen and oxygen atoms in total. The number of amides is 3. The summed E-state index contributed by atoms with van der Waals surface area (Å²) in [7, 11) is -4.12. The Morgan fingerprint density at radius 3 is 1.10 bits per heavy atom. The van der Waals surface area contributed by atoms with Gasteiger partial charge in [0.05, 0.1) is 45.2 Å². The molecule has 0 aliphatic carbocycles. The summed E-state index contributed by atoms with van der Waals surface area (Å²) in [5.74, 6) is -1.87. The van der Waals surface area contributed by atoms with Crippen molar-refractivity contribution in [1.82, 2.24) is 21.3 Å². The Hall–Kier alpha value is -2.20. The van der Waals surface area contributed by atoms with Gasteiger partial charge in [0.25, 0.3) is 0 Å². The third-order valence-electron chi connectivity index (χ3n) is 9.59. The third-order valence-corrected chi connectivity index (χ3v) is 10.2. The predicted molar refractivity (Wildman–Crippen MR) is 199 cm³/mol. The lowest BCUT2D eigenvalue weighted by molar-refractivity contribution is -0.297. The Kier molecular flexibility index (Phi) is 22.3. The van der Waals surface area contributed by atoms with Crippen LogP contribution in [0.2, 0.25) is 0 Å². The molecule has 16 unspecified atom stereocenters. The lowest BCUT2D eigenvalue weighted by Crippen LogP contribution is -2.65. The van der Waals surface area contributed by atoms with Crippen molar-refractivity contribution in [1.29, 1.82) is 0 Å². The van der Waals surface area contributed by atoms with E-state index in [1.54, 1.807) is 0 Å². The summed E-state index contributed by atoms with van der Waals surface area (Å²) in [6.07, 6.45) is -18.2. The summed E-state index contributed by atoms with van der Waals surface area (Å²) in [4.78, 5) is 45.5. The molecule has 0 aromatic heterocycles. The van der Waals surface area contributed by atoms with Crippen LogP contribution >= 0.6 is 7.60 Å². The van der Waals surface area contributed by atoms with Crippen molar-refractivity contribution in [2.75, 3.05) is 73.4 Å². The average Bonchev–Trinajstić information content (AvgIpc) is 3.20. The molecule has 0 radical (unpaired) electrons. The van der Waals surface area contributed by atoms with Crippen molar-refractivity contribution in [2.24, 2.45) is 0 Å². The number of hydrogen-bond acceptors (Lipinski definition) is 24. The van der Waals surface area contributed by atoms with E-state index < -0.39 is 190 Å². The van der Waals surface area contributed by atoms with E-state index >= 15 is 0 Å². The maximum atomic E-state index is 12.1. The smallest absolute Gasteiger partial charge is 0.326 e. The number of rotatable bonds is 25. The lowest BCUT2D eigenvalue weighted by atomic mass is 9.97. The Balaban J connectivity index is 1.84. The normalized spacial score (nSPS) is 35.9. The summed E-state index contributed by atoms with van der Waals surface area (Å²) >= 11 is 0. The zero-order valence-corrected chi connectivity index (χ0v) is 35.3. The number of aliphatic hydroxyl groups excluding tert-OH is 9. The molecule has 3 heterocycles. The molecule has 0 aromatic rings. The van der Waals surface area contributed by atoms with E-state index in [0.717, 1.165) is 27.4 Å². The second-order valence-corrected chi connectivity index (χ2v) is 16.6. The van der Waals surface area contributed by atoms with Gasteiger partial charge in [-0.3, -0.25) is 28.8 Å². The minimum Gasteiger partial charge on any atom is -0.394 e. The van der Waals surface area contributed by atoms with Gasteiger partial charge in [0.15, 0.2) is 18.9 Å². The van der Waals surface area contributed by atoms with Crippen LogP contribution in [0.3, 0.4) is 0 Å². The fourth-order valence-corrected chi connectivity index (χ4v) is 6.78. The van der Waals surface area contributed by atoms with Crippen molar-refractivity contribution < 1.29 is 117 Å². The first-order valence-corrected chi connectivity index (χ1v) is 21.2. The first kappa shape index (κ1) is 54.1. The van der Waals surface area contributed by atoms with E-state index in [9.17, 15) is 69.8 Å². The van der Waals surface area contributed by atoms with E-state index in [0.29, 0.717) is 0 Å². The van der Waals surface area contributed by atoms with E-state index in [-0.39, 0.29) is 0 Å². The third kappa shape index (κ3) is 16.0. The highest BCUT2D eigenvalue weighted by Gasteiger charge is 2.48. The van der Waals surface area contributed by atoms with Gasteiger partial charge in [-0.1, -0.05) is 0 Å². The molecule has 0 saturated carbocycles. The topological polar surface area (TPSA) is 411 Å². The molecule has 3 aliphatic heterocycles. The molecule has 362 valence electrons. The standard InChI is InChI=1S/C33H61N4O24P/c1-15(41)35-21-27(47)24(44)18(5-38)59-30(21)55-12-52-8-33(34-11-58-62(4,50)51,9-53-13-56-31-22(36-16(2)42)28(48)25(45)19(6-39)60-31)10-54-14-57-32-23(37-17(3)43)29(49)26(46)20(7-40)61-32/h18-32,34,38-40,44-49H,5-14H2,1-4H3,(H,35,41)(H,36,42)(H,37,43)(H,50,51). The maximum Gasteiger partial charge on any atom is 0.326 e. The maximum absolute atomic E-state index is 12.1. The van der Waals surface area contributed by atoms with Gasteiger partial charge in [-0.05, 0) is 0 Å². The molecule has 16 atom stereocenters. The summed E-state index contributed by atoms with van der Waals surface area (Å²) in [6, 6.07) is -4.01.